The molecule has 1 spiro atoms. The van der Waals surface area contributed by atoms with Crippen molar-refractivity contribution in [3.8, 4) is 0 Å². The zero-order chi connectivity index (χ0) is 19.8. The Hall–Kier alpha value is -3.00. The number of fused-ring (bicyclic) bond motifs is 1. The Morgan fingerprint density at radius 3 is 2.97 bits per heavy atom. The first-order valence-corrected chi connectivity index (χ1v) is 10.1. The van der Waals surface area contributed by atoms with Crippen LogP contribution in [0.4, 0.5) is 5.82 Å². The Bertz CT molecular complexity index is 1020. The van der Waals surface area contributed by atoms with Gasteiger partial charge in [0.05, 0.1) is 23.7 Å². The minimum Gasteiger partial charge on any atom is -0.394 e. The van der Waals surface area contributed by atoms with Gasteiger partial charge < -0.3 is 20.3 Å². The summed E-state index contributed by atoms with van der Waals surface area (Å²) in [6.45, 7) is 1.42. The van der Waals surface area contributed by atoms with Crippen molar-refractivity contribution in [3.05, 3.63) is 48.7 Å². The average Bonchev–Trinajstić information content (AvgIpc) is 3.34. The number of aromatic nitrogens is 4. The maximum atomic E-state index is 13.1. The summed E-state index contributed by atoms with van der Waals surface area (Å²) in [6.07, 6.45) is 7.98. The lowest BCUT2D eigenvalue weighted by molar-refractivity contribution is -0.129. The molecule has 0 radical (unpaired) electrons. The van der Waals surface area contributed by atoms with Gasteiger partial charge in [-0.2, -0.15) is 0 Å². The van der Waals surface area contributed by atoms with Crippen LogP contribution in [0.3, 0.4) is 0 Å². The molecule has 2 aliphatic rings. The molecule has 1 amide bonds. The van der Waals surface area contributed by atoms with Gasteiger partial charge in [0.2, 0.25) is 5.91 Å². The number of amides is 1. The SMILES string of the molecule is O=C(NC(CO)c1ccccn1)[C@H]1CCN(c2ncnc3[nH]ccc23)CC12CC2. The van der Waals surface area contributed by atoms with Gasteiger partial charge in [0.1, 0.15) is 17.8 Å². The number of rotatable bonds is 5. The molecule has 4 heterocycles. The van der Waals surface area contributed by atoms with Crippen LogP contribution in [0, 0.1) is 11.3 Å². The third-order valence-corrected chi connectivity index (χ3v) is 6.32. The van der Waals surface area contributed by atoms with Gasteiger partial charge in [-0.3, -0.25) is 9.78 Å². The molecule has 1 saturated heterocycles. The maximum absolute atomic E-state index is 13.1. The molecule has 1 aliphatic heterocycles. The average molecular weight is 392 g/mol. The third-order valence-electron chi connectivity index (χ3n) is 6.32. The standard InChI is InChI=1S/C21H24N6O2/c28-11-17(16-3-1-2-8-22-16)26-20(29)15-5-10-27(12-21(15)6-7-21)19-14-4-9-23-18(14)24-13-25-19/h1-4,8-9,13,15,17,28H,5-7,10-12H2,(H,26,29)(H,23,24,25)/t15-,17?/m1/s1. The minimum atomic E-state index is -0.473. The van der Waals surface area contributed by atoms with Gasteiger partial charge in [0.15, 0.2) is 0 Å². The number of aliphatic hydroxyl groups is 1. The highest BCUT2D eigenvalue weighted by Crippen LogP contribution is 2.56. The number of pyridine rings is 1. The van der Waals surface area contributed by atoms with Crippen molar-refractivity contribution >= 4 is 22.8 Å². The summed E-state index contributed by atoms with van der Waals surface area (Å²) < 4.78 is 0. The van der Waals surface area contributed by atoms with Gasteiger partial charge in [-0.25, -0.2) is 9.97 Å². The predicted molar refractivity (Wildman–Crippen MR) is 108 cm³/mol. The molecule has 2 atom stereocenters. The molecule has 0 bridgehead atoms. The van der Waals surface area contributed by atoms with Crippen molar-refractivity contribution < 1.29 is 9.90 Å². The molecule has 3 aromatic heterocycles. The fourth-order valence-corrected chi connectivity index (χ4v) is 4.60. The first-order valence-electron chi connectivity index (χ1n) is 10.1. The lowest BCUT2D eigenvalue weighted by Crippen LogP contribution is -2.49. The van der Waals surface area contributed by atoms with Crippen molar-refractivity contribution in [1.29, 1.82) is 0 Å². The van der Waals surface area contributed by atoms with Crippen LogP contribution in [0.1, 0.15) is 31.0 Å². The molecule has 29 heavy (non-hydrogen) atoms. The quantitative estimate of drug-likeness (QED) is 0.611. The molecule has 3 N–H and O–H groups in total. The highest BCUT2D eigenvalue weighted by Gasteiger charge is 2.55. The summed E-state index contributed by atoms with van der Waals surface area (Å²) >= 11 is 0. The number of aromatic amines is 1. The van der Waals surface area contributed by atoms with E-state index < -0.39 is 6.04 Å². The predicted octanol–water partition coefficient (Wildman–Crippen LogP) is 1.81. The van der Waals surface area contributed by atoms with Crippen LogP contribution in [-0.2, 0) is 4.79 Å². The van der Waals surface area contributed by atoms with Crippen LogP contribution in [0.5, 0.6) is 0 Å². The number of hydrogen-bond acceptors (Lipinski definition) is 6. The second kappa shape index (κ2) is 7.11. The van der Waals surface area contributed by atoms with Gasteiger partial charge in [-0.05, 0) is 42.9 Å². The van der Waals surface area contributed by atoms with Gasteiger partial charge in [-0.15, -0.1) is 0 Å². The number of piperidine rings is 1. The Balaban J connectivity index is 1.32. The second-order valence-electron chi connectivity index (χ2n) is 8.06. The largest absolute Gasteiger partial charge is 0.394 e. The summed E-state index contributed by atoms with van der Waals surface area (Å²) in [4.78, 5) is 31.6. The van der Waals surface area contributed by atoms with E-state index in [9.17, 15) is 9.90 Å². The maximum Gasteiger partial charge on any atom is 0.224 e. The van der Waals surface area contributed by atoms with Crippen molar-refractivity contribution in [1.82, 2.24) is 25.3 Å². The van der Waals surface area contributed by atoms with Gasteiger partial charge >= 0.3 is 0 Å². The van der Waals surface area contributed by atoms with Gasteiger partial charge in [-0.1, -0.05) is 6.07 Å². The molecule has 0 aromatic carbocycles. The molecule has 8 nitrogen and oxygen atoms in total. The topological polar surface area (TPSA) is 107 Å². The van der Waals surface area contributed by atoms with E-state index in [0.29, 0.717) is 5.69 Å². The van der Waals surface area contributed by atoms with Gasteiger partial charge in [0, 0.05) is 31.4 Å². The fourth-order valence-electron chi connectivity index (χ4n) is 4.60. The first-order chi connectivity index (χ1) is 14.2. The van der Waals surface area contributed by atoms with Gasteiger partial charge in [0.25, 0.3) is 0 Å². The summed E-state index contributed by atoms with van der Waals surface area (Å²) in [5.41, 5.74) is 1.50. The Morgan fingerprint density at radius 2 is 2.21 bits per heavy atom. The summed E-state index contributed by atoms with van der Waals surface area (Å²) in [7, 11) is 0. The van der Waals surface area contributed by atoms with Crippen molar-refractivity contribution in [3.63, 3.8) is 0 Å². The van der Waals surface area contributed by atoms with Crippen LogP contribution in [0.25, 0.3) is 11.0 Å². The zero-order valence-corrected chi connectivity index (χ0v) is 16.1. The van der Waals surface area contributed by atoms with Crippen LogP contribution >= 0.6 is 0 Å². The first kappa shape index (κ1) is 18.1. The van der Waals surface area contributed by atoms with Crippen LogP contribution in [0.15, 0.2) is 43.0 Å². The van der Waals surface area contributed by atoms with Crippen molar-refractivity contribution in [2.45, 2.75) is 25.3 Å². The highest BCUT2D eigenvalue weighted by molar-refractivity contribution is 5.87. The molecule has 1 aliphatic carbocycles. The normalized spacial score (nSPS) is 21.3. The van der Waals surface area contributed by atoms with E-state index in [1.54, 1.807) is 12.5 Å². The summed E-state index contributed by atoms with van der Waals surface area (Å²) in [5, 5.41) is 13.8. The lowest BCUT2D eigenvalue weighted by atomic mass is 9.81. The number of nitrogens with one attached hydrogen (secondary N) is 2. The molecule has 1 saturated carbocycles. The smallest absolute Gasteiger partial charge is 0.224 e. The monoisotopic (exact) mass is 392 g/mol. The number of anilines is 1. The highest BCUT2D eigenvalue weighted by atomic mass is 16.3. The lowest BCUT2D eigenvalue weighted by Gasteiger charge is -2.39. The van der Waals surface area contributed by atoms with Crippen LogP contribution in [0.2, 0.25) is 0 Å². The zero-order valence-electron chi connectivity index (χ0n) is 16.1. The van der Waals surface area contributed by atoms with E-state index in [2.05, 4.69) is 30.2 Å². The van der Waals surface area contributed by atoms with Crippen LogP contribution < -0.4 is 10.2 Å². The molecule has 2 fully saturated rings. The number of aliphatic hydroxyl groups excluding tert-OH is 1. The molecule has 150 valence electrons. The molecular formula is C21H24N6O2. The van der Waals surface area contributed by atoms with E-state index in [4.69, 9.17) is 0 Å². The Labute approximate surface area is 168 Å². The van der Waals surface area contributed by atoms with E-state index in [1.807, 2.05) is 30.5 Å². The molecule has 8 heteroatoms. The number of H-pyrrole nitrogens is 1. The molecule has 3 aromatic rings. The molecule has 5 rings (SSSR count). The summed E-state index contributed by atoms with van der Waals surface area (Å²) in [5.74, 6) is 0.893. The molecular weight excluding hydrogens is 368 g/mol. The third kappa shape index (κ3) is 3.23. The van der Waals surface area contributed by atoms with Crippen molar-refractivity contribution in [2.24, 2.45) is 11.3 Å². The van der Waals surface area contributed by atoms with Crippen LogP contribution in [-0.4, -0.2) is 50.6 Å². The Morgan fingerprint density at radius 1 is 1.31 bits per heavy atom. The van der Waals surface area contributed by atoms with Crippen molar-refractivity contribution in [2.75, 3.05) is 24.6 Å². The minimum absolute atomic E-state index is 0.0139. The van der Waals surface area contributed by atoms with E-state index >= 15 is 0 Å². The van der Waals surface area contributed by atoms with E-state index in [1.165, 1.54) is 0 Å². The van der Waals surface area contributed by atoms with E-state index in [-0.39, 0.29) is 23.8 Å². The Kier molecular flexibility index (Phi) is 4.43. The second-order valence-corrected chi connectivity index (χ2v) is 8.06. The number of carbonyl (C=O) groups is 1. The number of carbonyl (C=O) groups excluding carboxylic acids is 1. The van der Waals surface area contributed by atoms with E-state index in [0.717, 1.165) is 49.2 Å². The number of nitrogens with zero attached hydrogens (tertiary/aromatic N) is 4. The molecule has 1 unspecified atom stereocenters. The number of hydrogen-bond donors (Lipinski definition) is 3. The summed E-state index contributed by atoms with van der Waals surface area (Å²) in [6, 6.07) is 7.04. The fraction of sp³-hybridized carbons (Fsp3) is 0.429.